The number of carbonyl (C=O) groups excluding carboxylic acids is 2. The van der Waals surface area contributed by atoms with Gasteiger partial charge in [-0.05, 0) is 37.4 Å². The molecule has 0 aliphatic rings. The summed E-state index contributed by atoms with van der Waals surface area (Å²) >= 11 is 0. The predicted octanol–water partition coefficient (Wildman–Crippen LogP) is 13.3. The van der Waals surface area contributed by atoms with Gasteiger partial charge >= 0.3 is 11.9 Å². The summed E-state index contributed by atoms with van der Waals surface area (Å²) in [5.41, 5.74) is 0. The maximum absolute atomic E-state index is 13.3. The minimum atomic E-state index is -2.03. The molecule has 6 heteroatoms. The van der Waals surface area contributed by atoms with Gasteiger partial charge in [-0.25, -0.2) is 0 Å². The molecule has 5 nitrogen and oxygen atoms in total. The minimum absolute atomic E-state index is 0.00845. The van der Waals surface area contributed by atoms with Crippen LogP contribution in [0.4, 0.5) is 0 Å². The summed E-state index contributed by atoms with van der Waals surface area (Å²) in [5, 5.41) is 0.0773. The summed E-state index contributed by atoms with van der Waals surface area (Å²) in [7, 11) is -2.03. The molecule has 0 saturated carbocycles. The molecule has 0 fully saturated rings. The van der Waals surface area contributed by atoms with Gasteiger partial charge in [0.1, 0.15) is 0 Å². The third kappa shape index (κ3) is 26.6. The molecule has 0 rings (SSSR count). The van der Waals surface area contributed by atoms with Crippen LogP contribution in [0.15, 0.2) is 0 Å². The molecule has 280 valence electrons. The lowest BCUT2D eigenvalue weighted by molar-refractivity contribution is -0.149. The Bertz CT molecular complexity index is 716. The molecule has 0 aromatic rings. The number of esters is 2. The second-order valence-corrected chi connectivity index (χ2v) is 20.6. The standard InChI is InChI=1S/C41H82O5Si/c1-9-12-15-18-21-22-23-26-29-32-39(42)44-35-33-38(46-47(7,8)41(4,5)6)34-36-45-40(43)37(30-27-24-19-16-13-10-2)31-28-25-20-17-14-11-3/h37-38H,9-36H2,1-8H3. The van der Waals surface area contributed by atoms with Crippen LogP contribution in [0.3, 0.4) is 0 Å². The highest BCUT2D eigenvalue weighted by atomic mass is 28.4. The van der Waals surface area contributed by atoms with Gasteiger partial charge < -0.3 is 13.9 Å². The Kier molecular flexibility index (Phi) is 29.4. The highest BCUT2D eigenvalue weighted by Crippen LogP contribution is 2.38. The minimum Gasteiger partial charge on any atom is -0.466 e. The van der Waals surface area contributed by atoms with Crippen LogP contribution in [-0.4, -0.2) is 39.6 Å². The fraction of sp³-hybridized carbons (Fsp3) is 0.951. The lowest BCUT2D eigenvalue weighted by Gasteiger charge is -2.39. The quantitative estimate of drug-likeness (QED) is 0.0392. The first-order chi connectivity index (χ1) is 22.5. The van der Waals surface area contributed by atoms with Crippen molar-refractivity contribution in [3.8, 4) is 0 Å². The van der Waals surface area contributed by atoms with Gasteiger partial charge in [-0.15, -0.1) is 0 Å². The van der Waals surface area contributed by atoms with E-state index in [1.165, 1.54) is 109 Å². The summed E-state index contributed by atoms with van der Waals surface area (Å²) in [6.45, 7) is 18.8. The van der Waals surface area contributed by atoms with Crippen LogP contribution in [0.25, 0.3) is 0 Å². The van der Waals surface area contributed by atoms with Crippen LogP contribution in [0.2, 0.25) is 18.1 Å². The molecule has 0 aliphatic heterocycles. The fourth-order valence-corrected chi connectivity index (χ4v) is 7.37. The third-order valence-electron chi connectivity index (χ3n) is 10.3. The SMILES string of the molecule is CCCCCCCCCCCC(=O)OCCC(CCOC(=O)C(CCCCCCCC)CCCCCCCC)O[Si](C)(C)C(C)(C)C. The Balaban J connectivity index is 4.83. The Morgan fingerprint density at radius 1 is 0.532 bits per heavy atom. The second kappa shape index (κ2) is 30.0. The lowest BCUT2D eigenvalue weighted by Crippen LogP contribution is -2.44. The average Bonchev–Trinajstić information content (AvgIpc) is 3.01. The van der Waals surface area contributed by atoms with E-state index in [1.54, 1.807) is 0 Å². The molecule has 0 saturated heterocycles. The van der Waals surface area contributed by atoms with E-state index in [0.29, 0.717) is 32.5 Å². The van der Waals surface area contributed by atoms with Crippen molar-refractivity contribution in [3.05, 3.63) is 0 Å². The molecule has 0 aliphatic carbocycles. The summed E-state index contributed by atoms with van der Waals surface area (Å²) < 4.78 is 18.4. The van der Waals surface area contributed by atoms with Crippen molar-refractivity contribution in [1.29, 1.82) is 0 Å². The van der Waals surface area contributed by atoms with Crippen LogP contribution in [0.1, 0.15) is 208 Å². The lowest BCUT2D eigenvalue weighted by atomic mass is 9.94. The summed E-state index contributed by atoms with van der Waals surface area (Å²) in [6.07, 6.45) is 29.6. The first-order valence-electron chi connectivity index (χ1n) is 20.5. The van der Waals surface area contributed by atoms with E-state index >= 15 is 0 Å². The molecule has 1 unspecified atom stereocenters. The number of ether oxygens (including phenoxy) is 2. The summed E-state index contributed by atoms with van der Waals surface area (Å²) in [4.78, 5) is 25.8. The van der Waals surface area contributed by atoms with E-state index in [0.717, 1.165) is 38.5 Å². The maximum Gasteiger partial charge on any atom is 0.308 e. The van der Waals surface area contributed by atoms with Crippen LogP contribution < -0.4 is 0 Å². The molecule has 0 radical (unpaired) electrons. The number of hydrogen-bond donors (Lipinski definition) is 0. The number of carbonyl (C=O) groups is 2. The molecular weight excluding hydrogens is 601 g/mol. The molecule has 0 aromatic carbocycles. The average molecular weight is 683 g/mol. The van der Waals surface area contributed by atoms with Crippen molar-refractivity contribution in [2.75, 3.05) is 13.2 Å². The molecule has 47 heavy (non-hydrogen) atoms. The van der Waals surface area contributed by atoms with E-state index in [4.69, 9.17) is 13.9 Å². The van der Waals surface area contributed by atoms with Crippen LogP contribution >= 0.6 is 0 Å². The molecule has 0 aromatic heterocycles. The number of rotatable bonds is 33. The predicted molar refractivity (Wildman–Crippen MR) is 205 cm³/mol. The van der Waals surface area contributed by atoms with Crippen molar-refractivity contribution in [1.82, 2.24) is 0 Å². The van der Waals surface area contributed by atoms with E-state index in [9.17, 15) is 9.59 Å². The van der Waals surface area contributed by atoms with Crippen LogP contribution in [-0.2, 0) is 23.5 Å². The van der Waals surface area contributed by atoms with E-state index in [1.807, 2.05) is 0 Å². The Morgan fingerprint density at radius 2 is 0.915 bits per heavy atom. The van der Waals surface area contributed by atoms with E-state index in [2.05, 4.69) is 54.6 Å². The molecule has 0 amide bonds. The monoisotopic (exact) mass is 683 g/mol. The second-order valence-electron chi connectivity index (χ2n) is 15.9. The zero-order valence-electron chi connectivity index (χ0n) is 33.0. The van der Waals surface area contributed by atoms with Gasteiger partial charge in [-0.2, -0.15) is 0 Å². The largest absolute Gasteiger partial charge is 0.466 e. The smallest absolute Gasteiger partial charge is 0.308 e. The molecule has 0 spiro atoms. The van der Waals surface area contributed by atoms with Gasteiger partial charge in [-0.1, -0.05) is 170 Å². The van der Waals surface area contributed by atoms with Gasteiger partial charge in [0.25, 0.3) is 0 Å². The molecule has 0 bridgehead atoms. The highest BCUT2D eigenvalue weighted by molar-refractivity contribution is 6.74. The summed E-state index contributed by atoms with van der Waals surface area (Å²) in [5.74, 6) is -0.114. The third-order valence-corrected chi connectivity index (χ3v) is 14.8. The molecule has 1 atom stereocenters. The number of unbranched alkanes of at least 4 members (excludes halogenated alkanes) is 18. The van der Waals surface area contributed by atoms with Crippen molar-refractivity contribution >= 4 is 20.3 Å². The van der Waals surface area contributed by atoms with Crippen molar-refractivity contribution in [3.63, 3.8) is 0 Å². The number of hydrogen-bond acceptors (Lipinski definition) is 5. The van der Waals surface area contributed by atoms with Gasteiger partial charge in [0.2, 0.25) is 0 Å². The van der Waals surface area contributed by atoms with Gasteiger partial charge in [0.15, 0.2) is 8.32 Å². The zero-order valence-corrected chi connectivity index (χ0v) is 34.0. The van der Waals surface area contributed by atoms with Gasteiger partial charge in [-0.3, -0.25) is 9.59 Å². The maximum atomic E-state index is 13.3. The van der Waals surface area contributed by atoms with Crippen LogP contribution in [0.5, 0.6) is 0 Å². The Hall–Kier alpha value is -0.883. The Morgan fingerprint density at radius 3 is 1.34 bits per heavy atom. The van der Waals surface area contributed by atoms with Gasteiger partial charge in [0, 0.05) is 19.3 Å². The van der Waals surface area contributed by atoms with Crippen molar-refractivity contribution < 1.29 is 23.5 Å². The fourth-order valence-electron chi connectivity index (χ4n) is 5.94. The van der Waals surface area contributed by atoms with Crippen LogP contribution in [0, 0.1) is 5.92 Å². The van der Waals surface area contributed by atoms with Crippen molar-refractivity contribution in [2.24, 2.45) is 5.92 Å². The Labute approximate surface area is 295 Å². The zero-order chi connectivity index (χ0) is 35.2. The van der Waals surface area contributed by atoms with Gasteiger partial charge in [0.05, 0.1) is 25.2 Å². The summed E-state index contributed by atoms with van der Waals surface area (Å²) in [6, 6.07) is 0. The first kappa shape index (κ1) is 46.1. The van der Waals surface area contributed by atoms with E-state index in [-0.39, 0.29) is 29.0 Å². The first-order valence-corrected chi connectivity index (χ1v) is 23.4. The van der Waals surface area contributed by atoms with E-state index < -0.39 is 8.32 Å². The molecule has 0 N–H and O–H groups in total. The van der Waals surface area contributed by atoms with Crippen molar-refractivity contribution in [2.45, 2.75) is 233 Å². The highest BCUT2D eigenvalue weighted by Gasteiger charge is 2.39. The molecular formula is C41H82O5Si. The molecule has 0 heterocycles. The normalized spacial score (nSPS) is 12.9. The topological polar surface area (TPSA) is 61.8 Å².